The van der Waals surface area contributed by atoms with Crippen LogP contribution in [0.25, 0.3) is 0 Å². The zero-order valence-electron chi connectivity index (χ0n) is 11.2. The molecule has 19 heavy (non-hydrogen) atoms. The molecule has 1 aromatic heterocycles. The molecule has 0 radical (unpaired) electrons. The molecule has 1 heterocycles. The fourth-order valence-electron chi connectivity index (χ4n) is 1.96. The number of rotatable bonds is 4. The van der Waals surface area contributed by atoms with Crippen molar-refractivity contribution < 1.29 is 9.84 Å². The average molecular weight is 281 g/mol. The summed E-state index contributed by atoms with van der Waals surface area (Å²) in [6, 6.07) is 7.38. The zero-order valence-corrected chi connectivity index (χ0v) is 11.9. The molecule has 0 aliphatic heterocycles. The quantitative estimate of drug-likeness (QED) is 0.935. The van der Waals surface area contributed by atoms with Crippen molar-refractivity contribution in [2.24, 2.45) is 0 Å². The molecule has 0 bridgehead atoms. The molecule has 0 saturated carbocycles. The molecular formula is C14H17ClN2O2. The number of hydrogen-bond donors (Lipinski definition) is 1. The first kappa shape index (κ1) is 13.9. The predicted molar refractivity (Wildman–Crippen MR) is 74.7 cm³/mol. The van der Waals surface area contributed by atoms with Crippen LogP contribution in [0, 0.1) is 0 Å². The second-order valence-corrected chi connectivity index (χ2v) is 5.00. The minimum absolute atomic E-state index is 0.135. The summed E-state index contributed by atoms with van der Waals surface area (Å²) in [5.74, 6) is 0.749. The number of nitrogens with zero attached hydrogens (tertiary/aromatic N) is 2. The second-order valence-electron chi connectivity index (χ2n) is 4.59. The van der Waals surface area contributed by atoms with E-state index in [1.165, 1.54) is 0 Å². The van der Waals surface area contributed by atoms with Crippen molar-refractivity contribution in [3.05, 3.63) is 46.7 Å². The van der Waals surface area contributed by atoms with E-state index in [0.717, 1.165) is 11.3 Å². The van der Waals surface area contributed by atoms with Crippen molar-refractivity contribution >= 4 is 11.6 Å². The molecule has 0 saturated heterocycles. The summed E-state index contributed by atoms with van der Waals surface area (Å²) in [4.78, 5) is 0. The lowest BCUT2D eigenvalue weighted by atomic mass is 10.1. The molecule has 0 aliphatic carbocycles. The van der Waals surface area contributed by atoms with Crippen LogP contribution in [-0.4, -0.2) is 22.0 Å². The van der Waals surface area contributed by atoms with Gasteiger partial charge in [0.2, 0.25) is 0 Å². The number of methoxy groups -OCH3 is 1. The van der Waals surface area contributed by atoms with Gasteiger partial charge in [-0.15, -0.1) is 0 Å². The molecule has 0 aliphatic rings. The highest BCUT2D eigenvalue weighted by atomic mass is 35.5. The van der Waals surface area contributed by atoms with Crippen molar-refractivity contribution in [1.82, 2.24) is 9.78 Å². The normalized spacial score (nSPS) is 12.7. The summed E-state index contributed by atoms with van der Waals surface area (Å²) < 4.78 is 6.83. The Morgan fingerprint density at radius 2 is 1.89 bits per heavy atom. The average Bonchev–Trinajstić information content (AvgIpc) is 2.80. The molecule has 102 valence electrons. The van der Waals surface area contributed by atoms with Crippen molar-refractivity contribution in [3.8, 4) is 5.75 Å². The van der Waals surface area contributed by atoms with Gasteiger partial charge in [-0.25, -0.2) is 0 Å². The molecule has 4 nitrogen and oxygen atoms in total. The topological polar surface area (TPSA) is 47.3 Å². The molecule has 1 N–H and O–H groups in total. The lowest BCUT2D eigenvalue weighted by Gasteiger charge is -2.17. The van der Waals surface area contributed by atoms with Gasteiger partial charge in [0.1, 0.15) is 11.9 Å². The molecule has 2 aromatic rings. The van der Waals surface area contributed by atoms with Crippen LogP contribution in [-0.2, 0) is 0 Å². The van der Waals surface area contributed by atoms with Crippen LogP contribution in [0.2, 0.25) is 5.02 Å². The Morgan fingerprint density at radius 3 is 2.42 bits per heavy atom. The number of hydrogen-bond acceptors (Lipinski definition) is 3. The molecule has 0 spiro atoms. The third-order valence-electron chi connectivity index (χ3n) is 2.97. The molecule has 0 fully saturated rings. The fraction of sp³-hybridized carbons (Fsp3) is 0.357. The molecule has 2 rings (SSSR count). The van der Waals surface area contributed by atoms with Gasteiger partial charge in [0.25, 0.3) is 0 Å². The van der Waals surface area contributed by atoms with Gasteiger partial charge in [-0.3, -0.25) is 4.68 Å². The van der Waals surface area contributed by atoms with Gasteiger partial charge in [0.15, 0.2) is 0 Å². The van der Waals surface area contributed by atoms with Crippen LogP contribution in [0.3, 0.4) is 0 Å². The highest BCUT2D eigenvalue weighted by Crippen LogP contribution is 2.30. The van der Waals surface area contributed by atoms with Gasteiger partial charge < -0.3 is 9.84 Å². The number of aromatic nitrogens is 2. The van der Waals surface area contributed by atoms with E-state index in [-0.39, 0.29) is 6.04 Å². The van der Waals surface area contributed by atoms with Crippen molar-refractivity contribution in [2.45, 2.75) is 26.0 Å². The lowest BCUT2D eigenvalue weighted by molar-refractivity contribution is 0.205. The minimum atomic E-state index is -0.802. The van der Waals surface area contributed by atoms with Crippen LogP contribution in [0.1, 0.15) is 37.3 Å². The number of benzene rings is 1. The van der Waals surface area contributed by atoms with Gasteiger partial charge in [-0.1, -0.05) is 23.7 Å². The van der Waals surface area contributed by atoms with Gasteiger partial charge >= 0.3 is 0 Å². The first-order chi connectivity index (χ1) is 9.04. The summed E-state index contributed by atoms with van der Waals surface area (Å²) in [6.07, 6.45) is 0.757. The van der Waals surface area contributed by atoms with Crippen LogP contribution in [0.15, 0.2) is 30.5 Å². The molecule has 5 heteroatoms. The Labute approximate surface area is 117 Å². The van der Waals surface area contributed by atoms with Gasteiger partial charge in [0, 0.05) is 6.04 Å². The first-order valence-corrected chi connectivity index (χ1v) is 6.47. The molecule has 1 atom stereocenters. The Balaban J connectivity index is 2.37. The summed E-state index contributed by atoms with van der Waals surface area (Å²) in [5, 5.41) is 15.1. The highest BCUT2D eigenvalue weighted by Gasteiger charge is 2.21. The summed E-state index contributed by atoms with van der Waals surface area (Å²) >= 11 is 6.12. The number of aliphatic hydroxyl groups is 1. The Morgan fingerprint density at radius 1 is 1.26 bits per heavy atom. The summed E-state index contributed by atoms with van der Waals surface area (Å²) in [6.45, 7) is 3.99. The maximum atomic E-state index is 10.5. The van der Waals surface area contributed by atoms with E-state index in [2.05, 4.69) is 5.10 Å². The minimum Gasteiger partial charge on any atom is -0.497 e. The van der Waals surface area contributed by atoms with Gasteiger partial charge in [-0.2, -0.15) is 5.10 Å². The van der Waals surface area contributed by atoms with Gasteiger partial charge in [-0.05, 0) is 31.5 Å². The molecule has 1 aromatic carbocycles. The van der Waals surface area contributed by atoms with E-state index < -0.39 is 6.10 Å². The summed E-state index contributed by atoms with van der Waals surface area (Å²) in [5.41, 5.74) is 1.37. The van der Waals surface area contributed by atoms with E-state index in [4.69, 9.17) is 16.3 Å². The molecule has 1 unspecified atom stereocenters. The van der Waals surface area contributed by atoms with E-state index in [1.54, 1.807) is 18.0 Å². The van der Waals surface area contributed by atoms with Crippen LogP contribution >= 0.6 is 11.6 Å². The largest absolute Gasteiger partial charge is 0.497 e. The van der Waals surface area contributed by atoms with E-state index in [0.29, 0.717) is 10.7 Å². The molecular weight excluding hydrogens is 264 g/mol. The Bertz CT molecular complexity index is 549. The maximum absolute atomic E-state index is 10.5. The Kier molecular flexibility index (Phi) is 4.12. The van der Waals surface area contributed by atoms with Crippen molar-refractivity contribution in [3.63, 3.8) is 0 Å². The zero-order chi connectivity index (χ0) is 14.0. The SMILES string of the molecule is COc1ccc(C(O)c2c(Cl)cnn2C(C)C)cc1. The number of ether oxygens (including phenoxy) is 1. The van der Waals surface area contributed by atoms with E-state index >= 15 is 0 Å². The lowest BCUT2D eigenvalue weighted by Crippen LogP contribution is -2.12. The first-order valence-electron chi connectivity index (χ1n) is 6.09. The Hall–Kier alpha value is -1.52. The maximum Gasteiger partial charge on any atom is 0.122 e. The van der Waals surface area contributed by atoms with Crippen LogP contribution < -0.4 is 4.74 Å². The fourth-order valence-corrected chi connectivity index (χ4v) is 2.20. The highest BCUT2D eigenvalue weighted by molar-refractivity contribution is 6.31. The van der Waals surface area contributed by atoms with E-state index in [1.807, 2.05) is 38.1 Å². The number of aliphatic hydroxyl groups excluding tert-OH is 1. The van der Waals surface area contributed by atoms with Crippen LogP contribution in [0.4, 0.5) is 0 Å². The monoisotopic (exact) mass is 280 g/mol. The smallest absolute Gasteiger partial charge is 0.122 e. The van der Waals surface area contributed by atoms with Crippen molar-refractivity contribution in [2.75, 3.05) is 7.11 Å². The third kappa shape index (κ3) is 2.74. The standard InChI is InChI=1S/C14H17ClN2O2/c1-9(2)17-13(12(15)8-16-17)14(18)10-4-6-11(19-3)7-5-10/h4-9,14,18H,1-3H3. The number of halogens is 1. The van der Waals surface area contributed by atoms with E-state index in [9.17, 15) is 5.11 Å². The van der Waals surface area contributed by atoms with Crippen molar-refractivity contribution in [1.29, 1.82) is 0 Å². The van der Waals surface area contributed by atoms with Gasteiger partial charge in [0.05, 0.1) is 24.0 Å². The predicted octanol–water partition coefficient (Wildman–Crippen LogP) is 3.21. The second kappa shape index (κ2) is 5.63. The summed E-state index contributed by atoms with van der Waals surface area (Å²) in [7, 11) is 1.61. The third-order valence-corrected chi connectivity index (χ3v) is 3.26. The van der Waals surface area contributed by atoms with Crippen LogP contribution in [0.5, 0.6) is 5.75 Å². The molecule has 0 amide bonds.